The van der Waals surface area contributed by atoms with Crippen molar-refractivity contribution < 1.29 is 14.6 Å². The molecule has 2 rings (SSSR count). The van der Waals surface area contributed by atoms with E-state index in [1.165, 1.54) is 19.2 Å². The number of ether oxygens (including phenoxy) is 1. The summed E-state index contributed by atoms with van der Waals surface area (Å²) in [6.45, 7) is 0. The fraction of sp³-hybridized carbons (Fsp3) is 0.0714. The van der Waals surface area contributed by atoms with Gasteiger partial charge in [-0.2, -0.15) is 0 Å². The highest BCUT2D eigenvalue weighted by Gasteiger charge is 2.10. The van der Waals surface area contributed by atoms with Gasteiger partial charge < -0.3 is 20.9 Å². The maximum absolute atomic E-state index is 12.0. The molecule has 0 unspecified atom stereocenters. The number of amides is 1. The number of anilines is 2. The average Bonchev–Trinajstić information content (AvgIpc) is 2.42. The number of hydrogen-bond donors (Lipinski definition) is 3. The van der Waals surface area contributed by atoms with Gasteiger partial charge in [0.05, 0.1) is 18.5 Å². The summed E-state index contributed by atoms with van der Waals surface area (Å²) in [5.74, 6) is 0.1000. The number of methoxy groups -OCH3 is 1. The summed E-state index contributed by atoms with van der Waals surface area (Å²) in [6.07, 6.45) is 0. The Bertz CT molecular complexity index is 611. The molecule has 2 aromatic rings. The third-order valence-electron chi connectivity index (χ3n) is 2.65. The van der Waals surface area contributed by atoms with Crippen LogP contribution >= 0.6 is 0 Å². The van der Waals surface area contributed by atoms with Crippen LogP contribution in [0.3, 0.4) is 0 Å². The highest BCUT2D eigenvalue weighted by atomic mass is 16.5. The fourth-order valence-electron chi connectivity index (χ4n) is 1.63. The Hall–Kier alpha value is -2.69. The van der Waals surface area contributed by atoms with Gasteiger partial charge in [-0.15, -0.1) is 0 Å². The zero-order chi connectivity index (χ0) is 13.8. The maximum Gasteiger partial charge on any atom is 0.255 e. The summed E-state index contributed by atoms with van der Waals surface area (Å²) in [6, 6.07) is 11.4. The molecule has 0 saturated heterocycles. The topological polar surface area (TPSA) is 84.6 Å². The summed E-state index contributed by atoms with van der Waals surface area (Å²) < 4.78 is 5.14. The minimum atomic E-state index is -0.347. The van der Waals surface area contributed by atoms with Gasteiger partial charge in [0.2, 0.25) is 0 Å². The van der Waals surface area contributed by atoms with Crippen LogP contribution in [0.4, 0.5) is 11.4 Å². The number of phenolic OH excluding ortho intramolecular Hbond substituents is 1. The van der Waals surface area contributed by atoms with Gasteiger partial charge in [0.15, 0.2) is 0 Å². The van der Waals surface area contributed by atoms with Crippen molar-refractivity contribution >= 4 is 17.3 Å². The number of nitrogen functional groups attached to an aromatic ring is 1. The minimum absolute atomic E-state index is 0.118. The first-order valence-corrected chi connectivity index (χ1v) is 5.64. The van der Waals surface area contributed by atoms with Crippen molar-refractivity contribution in [1.29, 1.82) is 0 Å². The molecule has 0 saturated carbocycles. The highest BCUT2D eigenvalue weighted by Crippen LogP contribution is 2.25. The molecule has 0 heterocycles. The van der Waals surface area contributed by atoms with Crippen molar-refractivity contribution in [3.63, 3.8) is 0 Å². The molecule has 0 bridgehead atoms. The summed E-state index contributed by atoms with van der Waals surface area (Å²) in [5.41, 5.74) is 6.59. The van der Waals surface area contributed by atoms with Crippen molar-refractivity contribution in [2.45, 2.75) is 0 Å². The molecular formula is C14H14N2O3. The molecule has 5 heteroatoms. The van der Waals surface area contributed by atoms with Gasteiger partial charge in [-0.05, 0) is 30.3 Å². The standard InChI is InChI=1S/C14H14N2O3/c1-19-13-5-3-2-4-11(13)16-14(18)9-6-7-10(15)12(17)8-9/h2-8,17H,15H2,1H3,(H,16,18). The van der Waals surface area contributed by atoms with E-state index in [1.54, 1.807) is 24.3 Å². The van der Waals surface area contributed by atoms with Crippen molar-refractivity contribution in [3.05, 3.63) is 48.0 Å². The Labute approximate surface area is 110 Å². The summed E-state index contributed by atoms with van der Waals surface area (Å²) in [7, 11) is 1.53. The molecular weight excluding hydrogens is 244 g/mol. The third kappa shape index (κ3) is 2.77. The number of carbonyl (C=O) groups is 1. The Morgan fingerprint density at radius 3 is 2.68 bits per heavy atom. The van der Waals surface area contributed by atoms with Gasteiger partial charge in [0.25, 0.3) is 5.91 Å². The second-order valence-electron chi connectivity index (χ2n) is 3.93. The van der Waals surface area contributed by atoms with Gasteiger partial charge in [-0.1, -0.05) is 12.1 Å². The normalized spacial score (nSPS) is 9.95. The third-order valence-corrected chi connectivity index (χ3v) is 2.65. The highest BCUT2D eigenvalue weighted by molar-refractivity contribution is 6.05. The van der Waals surface area contributed by atoms with E-state index >= 15 is 0 Å². The number of phenols is 1. The Balaban J connectivity index is 2.23. The first-order valence-electron chi connectivity index (χ1n) is 5.64. The van der Waals surface area contributed by atoms with Gasteiger partial charge in [-0.25, -0.2) is 0 Å². The minimum Gasteiger partial charge on any atom is -0.506 e. The second kappa shape index (κ2) is 5.30. The lowest BCUT2D eigenvalue weighted by atomic mass is 10.1. The number of nitrogens with two attached hydrogens (primary N) is 1. The number of rotatable bonds is 3. The molecule has 0 fully saturated rings. The number of hydrogen-bond acceptors (Lipinski definition) is 4. The van der Waals surface area contributed by atoms with Crippen molar-refractivity contribution in [3.8, 4) is 11.5 Å². The lowest BCUT2D eigenvalue weighted by Gasteiger charge is -2.10. The molecule has 4 N–H and O–H groups in total. The van der Waals surface area contributed by atoms with Crippen LogP contribution in [0.5, 0.6) is 11.5 Å². The van der Waals surface area contributed by atoms with E-state index in [1.807, 2.05) is 6.07 Å². The number of carbonyl (C=O) groups excluding carboxylic acids is 1. The quantitative estimate of drug-likeness (QED) is 0.582. The zero-order valence-electron chi connectivity index (χ0n) is 10.4. The Kier molecular flexibility index (Phi) is 3.56. The Morgan fingerprint density at radius 1 is 1.26 bits per heavy atom. The molecule has 0 aliphatic heterocycles. The SMILES string of the molecule is COc1ccccc1NC(=O)c1ccc(N)c(O)c1. The molecule has 2 aromatic carbocycles. The largest absolute Gasteiger partial charge is 0.506 e. The predicted molar refractivity (Wildman–Crippen MR) is 73.5 cm³/mol. The zero-order valence-corrected chi connectivity index (χ0v) is 10.4. The van der Waals surface area contributed by atoms with Gasteiger partial charge >= 0.3 is 0 Å². The molecule has 0 radical (unpaired) electrons. The summed E-state index contributed by atoms with van der Waals surface area (Å²) >= 11 is 0. The van der Waals surface area contributed by atoms with Crippen LogP contribution in [-0.2, 0) is 0 Å². The summed E-state index contributed by atoms with van der Waals surface area (Å²) in [5, 5.41) is 12.2. The number of benzene rings is 2. The number of para-hydroxylation sites is 2. The summed E-state index contributed by atoms with van der Waals surface area (Å²) in [4.78, 5) is 12.0. The van der Waals surface area contributed by atoms with Gasteiger partial charge in [-0.3, -0.25) is 4.79 Å². The van der Waals surface area contributed by atoms with Crippen LogP contribution in [0.1, 0.15) is 10.4 Å². The smallest absolute Gasteiger partial charge is 0.255 e. The van der Waals surface area contributed by atoms with Crippen LogP contribution in [0.25, 0.3) is 0 Å². The molecule has 0 atom stereocenters. The van der Waals surface area contributed by atoms with E-state index in [-0.39, 0.29) is 17.3 Å². The van der Waals surface area contributed by atoms with E-state index in [2.05, 4.69) is 5.32 Å². The maximum atomic E-state index is 12.0. The van der Waals surface area contributed by atoms with Crippen LogP contribution in [0, 0.1) is 0 Å². The first kappa shape index (κ1) is 12.8. The second-order valence-corrected chi connectivity index (χ2v) is 3.93. The molecule has 0 aromatic heterocycles. The first-order chi connectivity index (χ1) is 9.11. The van der Waals surface area contributed by atoms with Gasteiger partial charge in [0, 0.05) is 5.56 Å². The average molecular weight is 258 g/mol. The lowest BCUT2D eigenvalue weighted by Crippen LogP contribution is -2.12. The molecule has 19 heavy (non-hydrogen) atoms. The van der Waals surface area contributed by atoms with E-state index in [9.17, 15) is 9.90 Å². The van der Waals surface area contributed by atoms with Gasteiger partial charge in [0.1, 0.15) is 11.5 Å². The van der Waals surface area contributed by atoms with Crippen LogP contribution < -0.4 is 15.8 Å². The number of nitrogens with one attached hydrogen (secondary N) is 1. The van der Waals surface area contributed by atoms with Crippen LogP contribution in [-0.4, -0.2) is 18.1 Å². The van der Waals surface area contributed by atoms with E-state index in [0.717, 1.165) is 0 Å². The van der Waals surface area contributed by atoms with Crippen LogP contribution in [0.2, 0.25) is 0 Å². The monoisotopic (exact) mass is 258 g/mol. The lowest BCUT2D eigenvalue weighted by molar-refractivity contribution is 0.102. The van der Waals surface area contributed by atoms with Crippen molar-refractivity contribution in [1.82, 2.24) is 0 Å². The predicted octanol–water partition coefficient (Wildman–Crippen LogP) is 2.24. The molecule has 0 spiro atoms. The molecule has 5 nitrogen and oxygen atoms in total. The fourth-order valence-corrected chi connectivity index (χ4v) is 1.63. The molecule has 0 aliphatic carbocycles. The molecule has 98 valence electrons. The molecule has 0 aliphatic rings. The van der Waals surface area contributed by atoms with Crippen molar-refractivity contribution in [2.24, 2.45) is 0 Å². The van der Waals surface area contributed by atoms with E-state index in [0.29, 0.717) is 17.0 Å². The number of aromatic hydroxyl groups is 1. The van der Waals surface area contributed by atoms with E-state index in [4.69, 9.17) is 10.5 Å². The van der Waals surface area contributed by atoms with Crippen LogP contribution in [0.15, 0.2) is 42.5 Å². The molecule has 1 amide bonds. The van der Waals surface area contributed by atoms with Crippen molar-refractivity contribution in [2.75, 3.05) is 18.2 Å². The van der Waals surface area contributed by atoms with E-state index < -0.39 is 0 Å². The Morgan fingerprint density at radius 2 is 2.00 bits per heavy atom.